The molecule has 0 saturated carbocycles. The maximum absolute atomic E-state index is 12.0. The summed E-state index contributed by atoms with van der Waals surface area (Å²) in [6, 6.07) is 1.04. The van der Waals surface area contributed by atoms with Crippen LogP contribution in [0.5, 0.6) is 0 Å². The van der Waals surface area contributed by atoms with Gasteiger partial charge in [-0.1, -0.05) is 0 Å². The Kier molecular flexibility index (Phi) is 3.16. The van der Waals surface area contributed by atoms with Gasteiger partial charge in [-0.25, -0.2) is 18.6 Å². The quantitative estimate of drug-likeness (QED) is 0.888. The highest BCUT2D eigenvalue weighted by molar-refractivity contribution is 7.91. The maximum atomic E-state index is 12.0. The summed E-state index contributed by atoms with van der Waals surface area (Å²) in [4.78, 5) is 12.9. The van der Waals surface area contributed by atoms with Gasteiger partial charge in [0.15, 0.2) is 9.84 Å². The highest BCUT2D eigenvalue weighted by atomic mass is 32.2. The Morgan fingerprint density at radius 3 is 3.00 bits per heavy atom. The molecule has 1 aliphatic heterocycles. The van der Waals surface area contributed by atoms with E-state index in [1.54, 1.807) is 17.7 Å². The molecule has 1 aliphatic rings. The highest BCUT2D eigenvalue weighted by Gasteiger charge is 2.25. The van der Waals surface area contributed by atoms with Crippen LogP contribution in [0.2, 0.25) is 0 Å². The summed E-state index contributed by atoms with van der Waals surface area (Å²) in [6.07, 6.45) is 0. The second-order valence-electron chi connectivity index (χ2n) is 3.66. The van der Waals surface area contributed by atoms with Crippen molar-refractivity contribution in [3.8, 4) is 0 Å². The number of nitrogens with zero attached hydrogens (tertiary/aromatic N) is 2. The van der Waals surface area contributed by atoms with E-state index >= 15 is 0 Å². The monoisotopic (exact) mass is 273 g/mol. The zero-order chi connectivity index (χ0) is 12.5. The SMILES string of the molecule is CC1=NNC(=O)N(CS(=O)(=O)c2ccsc2)C1. The van der Waals surface area contributed by atoms with Crippen LogP contribution in [-0.2, 0) is 9.84 Å². The highest BCUT2D eigenvalue weighted by Crippen LogP contribution is 2.16. The van der Waals surface area contributed by atoms with E-state index in [0.29, 0.717) is 5.71 Å². The molecule has 92 valence electrons. The Bertz CT molecular complexity index is 548. The van der Waals surface area contributed by atoms with Gasteiger partial charge in [0, 0.05) is 5.38 Å². The van der Waals surface area contributed by atoms with Crippen LogP contribution in [0.25, 0.3) is 0 Å². The molecule has 0 saturated heterocycles. The van der Waals surface area contributed by atoms with Gasteiger partial charge < -0.3 is 4.90 Å². The van der Waals surface area contributed by atoms with Gasteiger partial charge in [0.25, 0.3) is 0 Å². The Labute approximate surface area is 103 Å². The first-order valence-electron chi connectivity index (χ1n) is 4.82. The fourth-order valence-electron chi connectivity index (χ4n) is 1.41. The van der Waals surface area contributed by atoms with E-state index in [1.807, 2.05) is 0 Å². The molecule has 6 nitrogen and oxygen atoms in total. The van der Waals surface area contributed by atoms with Crippen LogP contribution in [0.3, 0.4) is 0 Å². The van der Waals surface area contributed by atoms with Crippen molar-refractivity contribution in [1.82, 2.24) is 10.3 Å². The average Bonchev–Trinajstić information content (AvgIpc) is 2.77. The van der Waals surface area contributed by atoms with Crippen molar-refractivity contribution in [2.45, 2.75) is 11.8 Å². The molecule has 0 unspecified atom stereocenters. The summed E-state index contributed by atoms with van der Waals surface area (Å²) in [6.45, 7) is 1.96. The molecule has 2 amide bonds. The van der Waals surface area contributed by atoms with Crippen molar-refractivity contribution < 1.29 is 13.2 Å². The first-order valence-corrected chi connectivity index (χ1v) is 7.41. The van der Waals surface area contributed by atoms with Gasteiger partial charge in [0.2, 0.25) is 0 Å². The molecule has 0 spiro atoms. The van der Waals surface area contributed by atoms with E-state index in [9.17, 15) is 13.2 Å². The van der Waals surface area contributed by atoms with Crippen LogP contribution in [0.4, 0.5) is 4.79 Å². The van der Waals surface area contributed by atoms with Crippen LogP contribution in [0, 0.1) is 0 Å². The molecule has 17 heavy (non-hydrogen) atoms. The zero-order valence-electron chi connectivity index (χ0n) is 9.08. The molecule has 1 aromatic heterocycles. The molecule has 1 N–H and O–H groups in total. The largest absolute Gasteiger partial charge is 0.339 e. The Hall–Kier alpha value is -1.41. The third kappa shape index (κ3) is 2.64. The predicted molar refractivity (Wildman–Crippen MR) is 64.7 cm³/mol. The molecule has 0 bridgehead atoms. The third-order valence-corrected chi connectivity index (χ3v) is 4.69. The lowest BCUT2D eigenvalue weighted by Crippen LogP contribution is -2.47. The molecule has 0 aliphatic carbocycles. The number of hydrogen-bond donors (Lipinski definition) is 1. The second-order valence-corrected chi connectivity index (χ2v) is 6.40. The summed E-state index contributed by atoms with van der Waals surface area (Å²) in [5.74, 6) is -0.331. The first kappa shape index (κ1) is 12.1. The molecule has 0 atom stereocenters. The summed E-state index contributed by atoms with van der Waals surface area (Å²) < 4.78 is 23.9. The molecular formula is C9H11N3O3S2. The summed E-state index contributed by atoms with van der Waals surface area (Å²) in [5, 5.41) is 6.98. The molecule has 0 aromatic carbocycles. The predicted octanol–water partition coefficient (Wildman–Crippen LogP) is 0.880. The van der Waals surface area contributed by atoms with Crippen molar-refractivity contribution >= 4 is 32.9 Å². The summed E-state index contributed by atoms with van der Waals surface area (Å²) in [5.41, 5.74) is 2.93. The number of sulfone groups is 1. The Balaban J connectivity index is 2.17. The van der Waals surface area contributed by atoms with E-state index in [2.05, 4.69) is 10.5 Å². The van der Waals surface area contributed by atoms with Crippen molar-refractivity contribution in [1.29, 1.82) is 0 Å². The molecule has 0 radical (unpaired) electrons. The van der Waals surface area contributed by atoms with Gasteiger partial charge in [-0.3, -0.25) is 0 Å². The molecule has 1 aromatic rings. The first-order chi connectivity index (χ1) is 7.99. The van der Waals surface area contributed by atoms with Crippen molar-refractivity contribution in [3.63, 3.8) is 0 Å². The number of rotatable bonds is 3. The fraction of sp³-hybridized carbons (Fsp3) is 0.333. The van der Waals surface area contributed by atoms with Gasteiger partial charge in [-0.15, -0.1) is 0 Å². The lowest BCUT2D eigenvalue weighted by molar-refractivity contribution is 0.209. The van der Waals surface area contributed by atoms with Crippen LogP contribution in [0.1, 0.15) is 6.92 Å². The van der Waals surface area contributed by atoms with E-state index in [0.717, 1.165) is 0 Å². The molecule has 0 fully saturated rings. The number of urea groups is 1. The standard InChI is InChI=1S/C9H11N3O3S2/c1-7-4-12(9(13)11-10-7)6-17(14,15)8-2-3-16-5-8/h2-3,5H,4,6H2,1H3,(H,11,13). The number of thiophene rings is 1. The van der Waals surface area contributed by atoms with Crippen LogP contribution in [0.15, 0.2) is 26.8 Å². The molecular weight excluding hydrogens is 262 g/mol. The Morgan fingerprint density at radius 1 is 1.59 bits per heavy atom. The number of hydrogen-bond acceptors (Lipinski definition) is 5. The number of hydrazone groups is 1. The van der Waals surface area contributed by atoms with Crippen molar-refractivity contribution in [3.05, 3.63) is 16.8 Å². The minimum absolute atomic E-state index is 0.231. The maximum Gasteiger partial charge on any atom is 0.339 e. The fourth-order valence-corrected chi connectivity index (χ4v) is 3.81. The second kappa shape index (κ2) is 4.46. The average molecular weight is 273 g/mol. The van der Waals surface area contributed by atoms with E-state index in [1.165, 1.54) is 22.3 Å². The molecule has 2 heterocycles. The normalized spacial score (nSPS) is 16.6. The number of amides is 2. The smallest absolute Gasteiger partial charge is 0.303 e. The number of carbonyl (C=O) groups is 1. The minimum atomic E-state index is -3.45. The molecule has 8 heteroatoms. The van der Waals surface area contributed by atoms with Crippen molar-refractivity contribution in [2.75, 3.05) is 12.4 Å². The Morgan fingerprint density at radius 2 is 2.35 bits per heavy atom. The lowest BCUT2D eigenvalue weighted by atomic mass is 10.4. The number of nitrogens with one attached hydrogen (secondary N) is 1. The van der Waals surface area contributed by atoms with Crippen LogP contribution in [-0.4, -0.2) is 37.5 Å². The minimum Gasteiger partial charge on any atom is -0.303 e. The van der Waals surface area contributed by atoms with Crippen molar-refractivity contribution in [2.24, 2.45) is 5.10 Å². The summed E-state index contributed by atoms with van der Waals surface area (Å²) in [7, 11) is -3.45. The van der Waals surface area contributed by atoms with Gasteiger partial charge in [-0.05, 0) is 18.4 Å². The van der Waals surface area contributed by atoms with Crippen LogP contribution >= 0.6 is 11.3 Å². The third-order valence-electron chi connectivity index (χ3n) is 2.23. The lowest BCUT2D eigenvalue weighted by Gasteiger charge is -2.24. The molecule has 2 rings (SSSR count). The topological polar surface area (TPSA) is 78.8 Å². The van der Waals surface area contributed by atoms with Gasteiger partial charge >= 0.3 is 6.03 Å². The number of carbonyl (C=O) groups excluding carboxylic acids is 1. The summed E-state index contributed by atoms with van der Waals surface area (Å²) >= 11 is 1.31. The van der Waals surface area contributed by atoms with Gasteiger partial charge in [-0.2, -0.15) is 16.4 Å². The zero-order valence-corrected chi connectivity index (χ0v) is 10.7. The van der Waals surface area contributed by atoms with E-state index < -0.39 is 15.9 Å². The van der Waals surface area contributed by atoms with Crippen LogP contribution < -0.4 is 5.43 Å². The van der Waals surface area contributed by atoms with E-state index in [-0.39, 0.29) is 17.3 Å². The van der Waals surface area contributed by atoms with Gasteiger partial charge in [0.05, 0.1) is 17.2 Å². The van der Waals surface area contributed by atoms with Gasteiger partial charge in [0.1, 0.15) is 5.88 Å². The van der Waals surface area contributed by atoms with E-state index in [4.69, 9.17) is 0 Å².